The van der Waals surface area contributed by atoms with Crippen LogP contribution in [-0.2, 0) is 4.79 Å². The van der Waals surface area contributed by atoms with Crippen LogP contribution >= 0.6 is 0 Å². The summed E-state index contributed by atoms with van der Waals surface area (Å²) < 4.78 is 5.26. The summed E-state index contributed by atoms with van der Waals surface area (Å²) in [4.78, 5) is 10.8. The molecule has 3 rings (SSSR count). The molecule has 0 saturated heterocycles. The van der Waals surface area contributed by atoms with E-state index in [1.807, 2.05) is 72.8 Å². The first kappa shape index (κ1) is 18.9. The molecule has 0 aliphatic rings. The molecule has 3 aromatic rings. The summed E-state index contributed by atoms with van der Waals surface area (Å²) in [6.45, 7) is 3.90. The molecule has 1 amide bonds. The largest absolute Gasteiger partial charge is 0.484 e. The van der Waals surface area contributed by atoms with Gasteiger partial charge in [0.15, 0.2) is 6.61 Å². The third kappa shape index (κ3) is 5.08. The highest BCUT2D eigenvalue weighted by atomic mass is 16.5. The number of amides is 1. The van der Waals surface area contributed by atoms with Crippen LogP contribution in [0.4, 0.5) is 0 Å². The van der Waals surface area contributed by atoms with Crippen LogP contribution in [0.25, 0.3) is 5.70 Å². The van der Waals surface area contributed by atoms with Gasteiger partial charge in [0.05, 0.1) is 11.4 Å². The Morgan fingerprint density at radius 2 is 1.39 bits per heavy atom. The fourth-order valence-corrected chi connectivity index (χ4v) is 2.58. The summed E-state index contributed by atoms with van der Waals surface area (Å²) in [5, 5.41) is 4.60. The fourth-order valence-electron chi connectivity index (χ4n) is 2.58. The molecule has 28 heavy (non-hydrogen) atoms. The predicted octanol–water partition coefficient (Wildman–Crippen LogP) is 3.56. The second-order valence-electron chi connectivity index (χ2n) is 6.06. The number of carbonyl (C=O) groups is 1. The van der Waals surface area contributed by atoms with Gasteiger partial charge in [0.2, 0.25) is 0 Å². The fraction of sp³-hybridized carbons (Fsp3) is 0.0435. The Bertz CT molecular complexity index is 924. The van der Waals surface area contributed by atoms with E-state index < -0.39 is 5.91 Å². The van der Waals surface area contributed by atoms with Crippen molar-refractivity contribution in [1.82, 2.24) is 5.43 Å². The van der Waals surface area contributed by atoms with Crippen molar-refractivity contribution in [2.45, 2.75) is 0 Å². The average Bonchev–Trinajstić information content (AvgIpc) is 2.74. The lowest BCUT2D eigenvalue weighted by molar-refractivity contribution is -0.119. The standard InChI is InChI=1S/C23H21N3O2/c1-17(18-12-14-21(15-13-18)28-16-22(24)27)25-26-23(19-8-4-2-5-9-19)20-10-6-3-7-11-20/h2-15,25H,1,16H2,(H2,24,27). The number of nitrogens with two attached hydrogens (primary N) is 1. The molecule has 140 valence electrons. The Kier molecular flexibility index (Phi) is 6.21. The molecule has 0 radical (unpaired) electrons. The molecule has 0 aromatic heterocycles. The third-order valence-corrected chi connectivity index (χ3v) is 3.98. The highest BCUT2D eigenvalue weighted by Crippen LogP contribution is 2.17. The molecule has 0 aliphatic heterocycles. The minimum absolute atomic E-state index is 0.152. The van der Waals surface area contributed by atoms with Crippen molar-refractivity contribution >= 4 is 17.3 Å². The summed E-state index contributed by atoms with van der Waals surface area (Å²) in [6, 6.07) is 27.1. The number of nitrogens with zero attached hydrogens (tertiary/aromatic N) is 1. The highest BCUT2D eigenvalue weighted by molar-refractivity contribution is 6.12. The molecule has 0 aliphatic carbocycles. The van der Waals surface area contributed by atoms with E-state index in [-0.39, 0.29) is 6.61 Å². The second-order valence-corrected chi connectivity index (χ2v) is 6.06. The van der Waals surface area contributed by atoms with Gasteiger partial charge in [-0.15, -0.1) is 0 Å². The van der Waals surface area contributed by atoms with Gasteiger partial charge < -0.3 is 10.5 Å². The normalized spacial score (nSPS) is 10.0. The van der Waals surface area contributed by atoms with Crippen LogP contribution in [0.5, 0.6) is 5.75 Å². The van der Waals surface area contributed by atoms with Crippen molar-refractivity contribution < 1.29 is 9.53 Å². The zero-order chi connectivity index (χ0) is 19.8. The maximum Gasteiger partial charge on any atom is 0.255 e. The van der Waals surface area contributed by atoms with E-state index in [9.17, 15) is 4.79 Å². The first-order valence-electron chi connectivity index (χ1n) is 8.78. The maximum atomic E-state index is 10.8. The zero-order valence-electron chi connectivity index (χ0n) is 15.3. The van der Waals surface area contributed by atoms with Gasteiger partial charge >= 0.3 is 0 Å². The van der Waals surface area contributed by atoms with Crippen LogP contribution in [0, 0.1) is 0 Å². The summed E-state index contributed by atoms with van der Waals surface area (Å²) in [6.07, 6.45) is 0. The van der Waals surface area contributed by atoms with E-state index in [1.54, 1.807) is 12.1 Å². The third-order valence-electron chi connectivity index (χ3n) is 3.98. The first-order chi connectivity index (χ1) is 13.6. The van der Waals surface area contributed by atoms with E-state index >= 15 is 0 Å². The van der Waals surface area contributed by atoms with Gasteiger partial charge in [-0.25, -0.2) is 0 Å². The molecule has 0 heterocycles. The Hall–Kier alpha value is -3.86. The topological polar surface area (TPSA) is 76.7 Å². The number of carbonyl (C=O) groups excluding carboxylic acids is 1. The molecule has 0 fully saturated rings. The summed E-state index contributed by atoms with van der Waals surface area (Å²) in [7, 11) is 0. The van der Waals surface area contributed by atoms with Crippen LogP contribution in [0.15, 0.2) is 96.6 Å². The Labute approximate surface area is 164 Å². The molecule has 0 bridgehead atoms. The minimum atomic E-state index is -0.515. The SMILES string of the molecule is C=C(NN=C(c1ccccc1)c1ccccc1)c1ccc(OCC(N)=O)cc1. The number of hydrazone groups is 1. The van der Waals surface area contributed by atoms with Crippen LogP contribution in [0.2, 0.25) is 0 Å². The van der Waals surface area contributed by atoms with Gasteiger partial charge in [-0.2, -0.15) is 5.10 Å². The molecule has 0 spiro atoms. The predicted molar refractivity (Wildman–Crippen MR) is 112 cm³/mol. The van der Waals surface area contributed by atoms with Crippen LogP contribution in [0.1, 0.15) is 16.7 Å². The second kappa shape index (κ2) is 9.19. The van der Waals surface area contributed by atoms with E-state index in [0.29, 0.717) is 11.4 Å². The van der Waals surface area contributed by atoms with E-state index in [2.05, 4.69) is 17.1 Å². The van der Waals surface area contributed by atoms with Crippen LogP contribution in [-0.4, -0.2) is 18.2 Å². The number of rotatable bonds is 8. The molecule has 3 aromatic carbocycles. The van der Waals surface area contributed by atoms with Gasteiger partial charge in [0, 0.05) is 11.1 Å². The molecular formula is C23H21N3O2. The van der Waals surface area contributed by atoms with Gasteiger partial charge in [0.1, 0.15) is 5.75 Å². The van der Waals surface area contributed by atoms with Gasteiger partial charge in [-0.05, 0) is 29.8 Å². The lowest BCUT2D eigenvalue weighted by atomic mass is 10.0. The molecular weight excluding hydrogens is 350 g/mol. The molecule has 0 saturated carbocycles. The number of nitrogens with one attached hydrogen (secondary N) is 1. The number of primary amides is 1. The van der Waals surface area contributed by atoms with Crippen LogP contribution < -0.4 is 15.9 Å². The average molecular weight is 371 g/mol. The van der Waals surface area contributed by atoms with Crippen molar-refractivity contribution in [3.63, 3.8) is 0 Å². The minimum Gasteiger partial charge on any atom is -0.484 e. The number of hydrogen-bond donors (Lipinski definition) is 2. The zero-order valence-corrected chi connectivity index (χ0v) is 15.3. The monoisotopic (exact) mass is 371 g/mol. The van der Waals surface area contributed by atoms with Gasteiger partial charge in [-0.1, -0.05) is 67.2 Å². The van der Waals surface area contributed by atoms with Crippen molar-refractivity contribution in [3.05, 3.63) is 108 Å². The highest BCUT2D eigenvalue weighted by Gasteiger charge is 2.07. The smallest absolute Gasteiger partial charge is 0.255 e. The molecule has 0 atom stereocenters. The quantitative estimate of drug-likeness (QED) is 0.469. The lowest BCUT2D eigenvalue weighted by Crippen LogP contribution is -2.20. The summed E-state index contributed by atoms with van der Waals surface area (Å²) in [5.41, 5.74) is 12.5. The van der Waals surface area contributed by atoms with Gasteiger partial charge in [0.25, 0.3) is 5.91 Å². The molecule has 5 nitrogen and oxygen atoms in total. The van der Waals surface area contributed by atoms with Crippen molar-refractivity contribution in [2.75, 3.05) is 6.61 Å². The Balaban J connectivity index is 1.77. The van der Waals surface area contributed by atoms with Gasteiger partial charge in [-0.3, -0.25) is 10.2 Å². The van der Waals surface area contributed by atoms with Crippen molar-refractivity contribution in [1.29, 1.82) is 0 Å². The molecule has 3 N–H and O–H groups in total. The van der Waals surface area contributed by atoms with Crippen LogP contribution in [0.3, 0.4) is 0 Å². The summed E-state index contributed by atoms with van der Waals surface area (Å²) in [5.74, 6) is 0.0481. The number of benzene rings is 3. The Morgan fingerprint density at radius 3 is 1.89 bits per heavy atom. The van der Waals surface area contributed by atoms with E-state index in [1.165, 1.54) is 0 Å². The number of ether oxygens (including phenoxy) is 1. The first-order valence-corrected chi connectivity index (χ1v) is 8.78. The Morgan fingerprint density at radius 1 is 0.857 bits per heavy atom. The summed E-state index contributed by atoms with van der Waals surface area (Å²) >= 11 is 0. The van der Waals surface area contributed by atoms with E-state index in [4.69, 9.17) is 10.5 Å². The van der Waals surface area contributed by atoms with E-state index in [0.717, 1.165) is 22.4 Å². The lowest BCUT2D eigenvalue weighted by Gasteiger charge is -2.11. The maximum absolute atomic E-state index is 10.8. The van der Waals surface area contributed by atoms with Crippen molar-refractivity contribution in [3.8, 4) is 5.75 Å². The van der Waals surface area contributed by atoms with Crippen molar-refractivity contribution in [2.24, 2.45) is 10.8 Å². The number of hydrogen-bond acceptors (Lipinski definition) is 4. The molecule has 5 heteroatoms. The molecule has 0 unspecified atom stereocenters.